The number of halogens is 1. The quantitative estimate of drug-likeness (QED) is 0.879. The molecule has 0 aliphatic carbocycles. The molecular formula is C10H12ClN3OS. The van der Waals surface area contributed by atoms with Crippen molar-refractivity contribution in [3.8, 4) is 6.07 Å². The van der Waals surface area contributed by atoms with Crippen molar-refractivity contribution in [3.63, 3.8) is 0 Å². The third-order valence-corrected chi connectivity index (χ3v) is 4.09. The molecule has 1 aromatic heterocycles. The molecule has 0 aromatic carbocycles. The Hall–Kier alpha value is -0.830. The number of hydrogen-bond acceptors (Lipinski definition) is 5. The molecule has 1 atom stereocenters. The van der Waals surface area contributed by atoms with Gasteiger partial charge < -0.3 is 10.0 Å². The molecule has 0 bridgehead atoms. The van der Waals surface area contributed by atoms with Gasteiger partial charge in [-0.25, -0.2) is 0 Å². The van der Waals surface area contributed by atoms with Crippen molar-refractivity contribution >= 4 is 28.1 Å². The maximum atomic E-state index is 9.16. The Kier molecular flexibility index (Phi) is 3.64. The van der Waals surface area contributed by atoms with Gasteiger partial charge in [0.05, 0.1) is 0 Å². The predicted molar refractivity (Wildman–Crippen MR) is 63.9 cm³/mol. The lowest BCUT2D eigenvalue weighted by atomic mass is 9.99. The van der Waals surface area contributed by atoms with E-state index in [-0.39, 0.29) is 11.8 Å². The second-order valence-corrected chi connectivity index (χ2v) is 5.01. The summed E-state index contributed by atoms with van der Waals surface area (Å²) in [5.41, 5.74) is 0.463. The molecule has 6 heteroatoms. The van der Waals surface area contributed by atoms with Crippen molar-refractivity contribution in [2.75, 3.05) is 24.6 Å². The third-order valence-electron chi connectivity index (χ3n) is 2.81. The van der Waals surface area contributed by atoms with Gasteiger partial charge in [0.25, 0.3) is 0 Å². The van der Waals surface area contributed by atoms with Crippen LogP contribution < -0.4 is 4.90 Å². The van der Waals surface area contributed by atoms with E-state index in [0.717, 1.165) is 30.9 Å². The molecule has 2 heterocycles. The van der Waals surface area contributed by atoms with E-state index in [9.17, 15) is 0 Å². The fourth-order valence-corrected chi connectivity index (χ4v) is 3.04. The summed E-state index contributed by atoms with van der Waals surface area (Å²) in [6, 6.07) is 2.09. The van der Waals surface area contributed by atoms with Crippen molar-refractivity contribution < 1.29 is 5.11 Å². The summed E-state index contributed by atoms with van der Waals surface area (Å²) < 4.78 is 3.99. The molecule has 1 N–H and O–H groups in total. The highest BCUT2D eigenvalue weighted by molar-refractivity contribution is 7.10. The van der Waals surface area contributed by atoms with E-state index < -0.39 is 0 Å². The monoisotopic (exact) mass is 257 g/mol. The van der Waals surface area contributed by atoms with Crippen molar-refractivity contribution in [1.29, 1.82) is 5.26 Å². The van der Waals surface area contributed by atoms with Gasteiger partial charge in [-0.15, -0.1) is 0 Å². The van der Waals surface area contributed by atoms with Gasteiger partial charge in [0, 0.05) is 19.7 Å². The zero-order chi connectivity index (χ0) is 11.5. The Bertz CT molecular complexity index is 415. The molecule has 1 fully saturated rings. The van der Waals surface area contributed by atoms with E-state index in [1.807, 2.05) is 0 Å². The predicted octanol–water partition coefficient (Wildman–Crippen LogP) is 1.88. The number of aliphatic hydroxyl groups excluding tert-OH is 1. The van der Waals surface area contributed by atoms with Crippen LogP contribution in [0.2, 0.25) is 5.15 Å². The average Bonchev–Trinajstić information content (AvgIpc) is 2.70. The van der Waals surface area contributed by atoms with Crippen LogP contribution in [0.5, 0.6) is 0 Å². The molecule has 1 aliphatic heterocycles. The van der Waals surface area contributed by atoms with Crippen LogP contribution in [0, 0.1) is 17.2 Å². The summed E-state index contributed by atoms with van der Waals surface area (Å²) in [5, 5.41) is 19.3. The van der Waals surface area contributed by atoms with E-state index in [1.165, 1.54) is 11.5 Å². The molecule has 0 amide bonds. The number of aliphatic hydroxyl groups is 1. The Morgan fingerprint density at radius 1 is 1.69 bits per heavy atom. The Morgan fingerprint density at radius 2 is 2.50 bits per heavy atom. The first-order valence-corrected chi connectivity index (χ1v) is 6.32. The van der Waals surface area contributed by atoms with Crippen LogP contribution in [0.25, 0.3) is 0 Å². The number of nitrogens with zero attached hydrogens (tertiary/aromatic N) is 3. The fraction of sp³-hybridized carbons (Fsp3) is 0.600. The van der Waals surface area contributed by atoms with Gasteiger partial charge in [-0.2, -0.15) is 9.64 Å². The molecule has 86 valence electrons. The number of aromatic nitrogens is 1. The second-order valence-electron chi connectivity index (χ2n) is 3.90. The highest BCUT2D eigenvalue weighted by Crippen LogP contribution is 2.33. The molecular weight excluding hydrogens is 246 g/mol. The van der Waals surface area contributed by atoms with Crippen LogP contribution in [-0.4, -0.2) is 29.2 Å². The number of nitriles is 1. The lowest BCUT2D eigenvalue weighted by Gasteiger charge is -2.32. The number of hydrogen-bond donors (Lipinski definition) is 1. The number of anilines is 1. The van der Waals surface area contributed by atoms with Gasteiger partial charge in [0.1, 0.15) is 16.6 Å². The summed E-state index contributed by atoms with van der Waals surface area (Å²) in [6.07, 6.45) is 2.08. The second kappa shape index (κ2) is 5.00. The van der Waals surface area contributed by atoms with Gasteiger partial charge in [-0.1, -0.05) is 11.6 Å². The van der Waals surface area contributed by atoms with E-state index >= 15 is 0 Å². The highest BCUT2D eigenvalue weighted by Gasteiger charge is 2.24. The number of piperidine rings is 1. The maximum absolute atomic E-state index is 9.16. The molecule has 1 unspecified atom stereocenters. The molecule has 4 nitrogen and oxygen atoms in total. The van der Waals surface area contributed by atoms with E-state index in [1.54, 1.807) is 0 Å². The van der Waals surface area contributed by atoms with Crippen LogP contribution in [0.15, 0.2) is 0 Å². The minimum atomic E-state index is 0.199. The average molecular weight is 258 g/mol. The van der Waals surface area contributed by atoms with E-state index in [4.69, 9.17) is 22.0 Å². The molecule has 0 saturated carbocycles. The number of rotatable bonds is 2. The summed E-state index contributed by atoms with van der Waals surface area (Å²) >= 11 is 7.09. The van der Waals surface area contributed by atoms with Crippen molar-refractivity contribution in [3.05, 3.63) is 10.7 Å². The van der Waals surface area contributed by atoms with Crippen molar-refractivity contribution in [1.82, 2.24) is 4.37 Å². The van der Waals surface area contributed by atoms with Crippen molar-refractivity contribution in [2.24, 2.45) is 5.92 Å². The topological polar surface area (TPSA) is 60.2 Å². The van der Waals surface area contributed by atoms with E-state index in [0.29, 0.717) is 11.5 Å². The maximum Gasteiger partial charge on any atom is 0.162 e. The van der Waals surface area contributed by atoms with Gasteiger partial charge in [0.2, 0.25) is 0 Å². The van der Waals surface area contributed by atoms with Crippen LogP contribution in [0.1, 0.15) is 18.4 Å². The van der Waals surface area contributed by atoms with Gasteiger partial charge in [-0.05, 0) is 30.3 Å². The first-order valence-electron chi connectivity index (χ1n) is 5.17. The Labute approximate surface area is 103 Å². The van der Waals surface area contributed by atoms with Gasteiger partial charge in [-0.3, -0.25) is 0 Å². The normalized spacial score (nSPS) is 20.8. The zero-order valence-corrected chi connectivity index (χ0v) is 10.3. The van der Waals surface area contributed by atoms with Gasteiger partial charge >= 0.3 is 0 Å². The summed E-state index contributed by atoms with van der Waals surface area (Å²) in [5.74, 6) is 0.293. The molecule has 16 heavy (non-hydrogen) atoms. The highest BCUT2D eigenvalue weighted by atomic mass is 35.5. The molecule has 0 radical (unpaired) electrons. The molecule has 1 saturated heterocycles. The molecule has 1 aromatic rings. The van der Waals surface area contributed by atoms with Crippen LogP contribution in [0.4, 0.5) is 5.00 Å². The Balaban J connectivity index is 2.20. The summed E-state index contributed by atoms with van der Waals surface area (Å²) in [4.78, 5) is 2.10. The first kappa shape index (κ1) is 11.6. The fourth-order valence-electron chi connectivity index (χ4n) is 1.97. The van der Waals surface area contributed by atoms with Gasteiger partial charge in [0.15, 0.2) is 5.15 Å². The minimum Gasteiger partial charge on any atom is -0.396 e. The van der Waals surface area contributed by atoms with Crippen molar-refractivity contribution in [2.45, 2.75) is 12.8 Å². The Morgan fingerprint density at radius 3 is 3.19 bits per heavy atom. The van der Waals surface area contributed by atoms with Crippen LogP contribution >= 0.6 is 23.1 Å². The lowest BCUT2D eigenvalue weighted by molar-refractivity contribution is 0.209. The minimum absolute atomic E-state index is 0.199. The zero-order valence-electron chi connectivity index (χ0n) is 8.69. The smallest absolute Gasteiger partial charge is 0.162 e. The summed E-state index contributed by atoms with van der Waals surface area (Å²) in [6.45, 7) is 1.89. The largest absolute Gasteiger partial charge is 0.396 e. The summed E-state index contributed by atoms with van der Waals surface area (Å²) in [7, 11) is 0. The third kappa shape index (κ3) is 2.14. The van der Waals surface area contributed by atoms with E-state index in [2.05, 4.69) is 15.3 Å². The standard InChI is InChI=1S/C10H12ClN3OS/c11-9-8(4-12)10(16-13-9)14-3-1-2-7(5-14)6-15/h7,15H,1-3,5-6H2. The molecule has 2 rings (SSSR count). The molecule has 1 aliphatic rings. The SMILES string of the molecule is N#Cc1c(Cl)nsc1N1CCCC(CO)C1. The van der Waals surface area contributed by atoms with Crippen LogP contribution in [0.3, 0.4) is 0 Å². The van der Waals surface area contributed by atoms with Crippen LogP contribution in [-0.2, 0) is 0 Å². The first-order chi connectivity index (χ1) is 7.76. The lowest BCUT2D eigenvalue weighted by Crippen LogP contribution is -2.36. The molecule has 0 spiro atoms.